The molecule has 4 heteroatoms. The Bertz CT molecular complexity index is 424. The number of hydrogen-bond donors (Lipinski definition) is 2. The molecule has 1 atom stereocenters. The van der Waals surface area contributed by atoms with Gasteiger partial charge < -0.3 is 14.9 Å². The Kier molecular flexibility index (Phi) is 3.42. The molecule has 0 spiro atoms. The fourth-order valence-corrected chi connectivity index (χ4v) is 1.57. The number of benzene rings is 1. The average Bonchev–Trinajstić information content (AvgIpc) is 2.25. The fourth-order valence-electron chi connectivity index (χ4n) is 1.57. The quantitative estimate of drug-likeness (QED) is 0.826. The summed E-state index contributed by atoms with van der Waals surface area (Å²) in [7, 11) is 1.52. The molecule has 1 unspecified atom stereocenters. The summed E-state index contributed by atoms with van der Waals surface area (Å²) in [5.41, 5.74) is 1.86. The van der Waals surface area contributed by atoms with Crippen LogP contribution in [0.4, 0.5) is 0 Å². The maximum absolute atomic E-state index is 10.9. The molecule has 0 aliphatic rings. The molecular formula is C12H16O4. The number of phenolic OH excluding ortho intramolecular Hbond substituents is 1. The highest BCUT2D eigenvalue weighted by atomic mass is 16.5. The van der Waals surface area contributed by atoms with Crippen molar-refractivity contribution in [1.29, 1.82) is 0 Å². The summed E-state index contributed by atoms with van der Waals surface area (Å²) in [5, 5.41) is 18.8. The molecule has 88 valence electrons. The molecule has 0 radical (unpaired) electrons. The van der Waals surface area contributed by atoms with Gasteiger partial charge in [-0.15, -0.1) is 0 Å². The minimum Gasteiger partial charge on any atom is -0.507 e. The third-order valence-corrected chi connectivity index (χ3v) is 2.90. The first-order chi connectivity index (χ1) is 7.40. The zero-order valence-electron chi connectivity index (χ0n) is 9.87. The molecule has 4 nitrogen and oxygen atoms in total. The minimum atomic E-state index is -0.972. The topological polar surface area (TPSA) is 66.8 Å². The third kappa shape index (κ3) is 1.96. The Hall–Kier alpha value is -1.71. The van der Waals surface area contributed by atoms with Crippen LogP contribution in [0.25, 0.3) is 0 Å². The van der Waals surface area contributed by atoms with Gasteiger partial charge in [0, 0.05) is 5.56 Å². The number of rotatable bonds is 3. The standard InChI is InChI=1S/C12H16O4/c1-6-7(2)11(13)9(5-10(6)16-4)8(3)12(14)15/h5,8,13H,1-4H3,(H,14,15). The van der Waals surface area contributed by atoms with E-state index < -0.39 is 11.9 Å². The van der Waals surface area contributed by atoms with E-state index in [9.17, 15) is 9.90 Å². The van der Waals surface area contributed by atoms with E-state index in [-0.39, 0.29) is 5.75 Å². The van der Waals surface area contributed by atoms with Crippen LogP contribution in [-0.2, 0) is 4.79 Å². The highest BCUT2D eigenvalue weighted by molar-refractivity contribution is 5.77. The maximum atomic E-state index is 10.9. The first-order valence-corrected chi connectivity index (χ1v) is 5.00. The van der Waals surface area contributed by atoms with Gasteiger partial charge in [-0.2, -0.15) is 0 Å². The lowest BCUT2D eigenvalue weighted by atomic mass is 9.95. The Labute approximate surface area is 94.5 Å². The van der Waals surface area contributed by atoms with Crippen LogP contribution in [0.15, 0.2) is 6.07 Å². The molecule has 0 fully saturated rings. The van der Waals surface area contributed by atoms with Crippen molar-refractivity contribution in [1.82, 2.24) is 0 Å². The van der Waals surface area contributed by atoms with E-state index in [4.69, 9.17) is 9.84 Å². The smallest absolute Gasteiger partial charge is 0.310 e. The lowest BCUT2D eigenvalue weighted by Crippen LogP contribution is -2.09. The molecule has 1 rings (SSSR count). The van der Waals surface area contributed by atoms with Gasteiger partial charge in [0.25, 0.3) is 0 Å². The van der Waals surface area contributed by atoms with Crippen molar-refractivity contribution in [2.24, 2.45) is 0 Å². The average molecular weight is 224 g/mol. The summed E-state index contributed by atoms with van der Waals surface area (Å²) in [6, 6.07) is 1.58. The van der Waals surface area contributed by atoms with Crippen LogP contribution in [0, 0.1) is 13.8 Å². The molecule has 0 heterocycles. The molecule has 0 saturated heterocycles. The van der Waals surface area contributed by atoms with E-state index >= 15 is 0 Å². The minimum absolute atomic E-state index is 0.0354. The van der Waals surface area contributed by atoms with E-state index in [1.54, 1.807) is 13.0 Å². The van der Waals surface area contributed by atoms with E-state index in [1.165, 1.54) is 14.0 Å². The first-order valence-electron chi connectivity index (χ1n) is 5.00. The highest BCUT2D eigenvalue weighted by Crippen LogP contribution is 2.36. The summed E-state index contributed by atoms with van der Waals surface area (Å²) in [4.78, 5) is 10.9. The van der Waals surface area contributed by atoms with Crippen molar-refractivity contribution in [3.8, 4) is 11.5 Å². The third-order valence-electron chi connectivity index (χ3n) is 2.90. The monoisotopic (exact) mass is 224 g/mol. The fraction of sp³-hybridized carbons (Fsp3) is 0.417. The van der Waals surface area contributed by atoms with E-state index in [1.807, 2.05) is 6.92 Å². The van der Waals surface area contributed by atoms with Gasteiger partial charge in [-0.25, -0.2) is 0 Å². The van der Waals surface area contributed by atoms with Crippen LogP contribution in [-0.4, -0.2) is 23.3 Å². The second kappa shape index (κ2) is 4.43. The molecule has 0 aromatic heterocycles. The van der Waals surface area contributed by atoms with Crippen LogP contribution in [0.1, 0.15) is 29.5 Å². The summed E-state index contributed by atoms with van der Waals surface area (Å²) >= 11 is 0. The second-order valence-electron chi connectivity index (χ2n) is 3.83. The summed E-state index contributed by atoms with van der Waals surface area (Å²) in [5.74, 6) is -1.10. The van der Waals surface area contributed by atoms with Gasteiger partial charge in [-0.1, -0.05) is 0 Å². The van der Waals surface area contributed by atoms with Crippen molar-refractivity contribution in [3.63, 3.8) is 0 Å². The number of carbonyl (C=O) groups is 1. The molecule has 0 aliphatic heterocycles. The molecule has 0 saturated carbocycles. The zero-order chi connectivity index (χ0) is 12.5. The van der Waals surface area contributed by atoms with Crippen molar-refractivity contribution < 1.29 is 19.7 Å². The van der Waals surface area contributed by atoms with Gasteiger partial charge in [-0.05, 0) is 38.0 Å². The normalized spacial score (nSPS) is 12.2. The predicted octanol–water partition coefficient (Wildman–Crippen LogP) is 2.21. The van der Waals surface area contributed by atoms with Gasteiger partial charge in [-0.3, -0.25) is 4.79 Å². The number of methoxy groups -OCH3 is 1. The molecular weight excluding hydrogens is 208 g/mol. The maximum Gasteiger partial charge on any atom is 0.310 e. The lowest BCUT2D eigenvalue weighted by molar-refractivity contribution is -0.138. The number of aromatic hydroxyl groups is 1. The first kappa shape index (κ1) is 12.4. The number of ether oxygens (including phenoxy) is 1. The van der Waals surface area contributed by atoms with Crippen LogP contribution in [0.3, 0.4) is 0 Å². The second-order valence-corrected chi connectivity index (χ2v) is 3.83. The largest absolute Gasteiger partial charge is 0.507 e. The predicted molar refractivity (Wildman–Crippen MR) is 60.2 cm³/mol. The van der Waals surface area contributed by atoms with Crippen molar-refractivity contribution in [2.75, 3.05) is 7.11 Å². The number of hydrogen-bond acceptors (Lipinski definition) is 3. The lowest BCUT2D eigenvalue weighted by Gasteiger charge is -2.16. The molecule has 2 N–H and O–H groups in total. The summed E-state index contributed by atoms with van der Waals surface area (Å²) in [6.07, 6.45) is 0. The zero-order valence-corrected chi connectivity index (χ0v) is 9.87. The molecule has 1 aromatic rings. The van der Waals surface area contributed by atoms with Crippen molar-refractivity contribution in [2.45, 2.75) is 26.7 Å². The Morgan fingerprint density at radius 3 is 2.38 bits per heavy atom. The van der Waals surface area contributed by atoms with Gasteiger partial charge in [0.1, 0.15) is 11.5 Å². The Morgan fingerprint density at radius 2 is 1.94 bits per heavy atom. The number of carboxylic acids is 1. The Morgan fingerprint density at radius 1 is 1.38 bits per heavy atom. The van der Waals surface area contributed by atoms with Crippen LogP contribution in [0.2, 0.25) is 0 Å². The van der Waals surface area contributed by atoms with Crippen molar-refractivity contribution >= 4 is 5.97 Å². The molecule has 16 heavy (non-hydrogen) atoms. The van der Waals surface area contributed by atoms with Gasteiger partial charge >= 0.3 is 5.97 Å². The van der Waals surface area contributed by atoms with Crippen LogP contribution in [0.5, 0.6) is 11.5 Å². The van der Waals surface area contributed by atoms with Gasteiger partial charge in [0.05, 0.1) is 13.0 Å². The van der Waals surface area contributed by atoms with E-state index in [0.717, 1.165) is 5.56 Å². The van der Waals surface area contributed by atoms with Crippen molar-refractivity contribution in [3.05, 3.63) is 22.8 Å². The Balaban J connectivity index is 3.41. The number of carboxylic acid groups (broad SMARTS) is 1. The number of phenols is 1. The summed E-state index contributed by atoms with van der Waals surface area (Å²) < 4.78 is 5.15. The molecule has 0 amide bonds. The SMILES string of the molecule is COc1cc(C(C)C(=O)O)c(O)c(C)c1C. The number of aliphatic carboxylic acids is 1. The molecule has 0 aliphatic carbocycles. The highest BCUT2D eigenvalue weighted by Gasteiger charge is 2.21. The van der Waals surface area contributed by atoms with Gasteiger partial charge in [0.15, 0.2) is 0 Å². The summed E-state index contributed by atoms with van der Waals surface area (Å²) in [6.45, 7) is 5.10. The van der Waals surface area contributed by atoms with Crippen LogP contribution < -0.4 is 4.74 Å². The van der Waals surface area contributed by atoms with Gasteiger partial charge in [0.2, 0.25) is 0 Å². The molecule has 1 aromatic carbocycles. The molecule has 0 bridgehead atoms. The van der Waals surface area contributed by atoms with E-state index in [2.05, 4.69) is 0 Å². The van der Waals surface area contributed by atoms with E-state index in [0.29, 0.717) is 16.9 Å². The van der Waals surface area contributed by atoms with Crippen LogP contribution >= 0.6 is 0 Å².